The Hall–Kier alpha value is -1.81. The van der Waals surface area contributed by atoms with Gasteiger partial charge in [0.25, 0.3) is 5.91 Å². The predicted molar refractivity (Wildman–Crippen MR) is 98.4 cm³/mol. The summed E-state index contributed by atoms with van der Waals surface area (Å²) in [5, 5.41) is 0. The number of hydrogen-bond donors (Lipinski definition) is 0. The minimum Gasteiger partial charge on any atom is -0.481 e. The number of nitrogens with zero attached hydrogens (tertiary/aromatic N) is 2. The largest absolute Gasteiger partial charge is 0.481 e. The predicted octanol–water partition coefficient (Wildman–Crippen LogP) is 3.08. The number of piperazine rings is 1. The highest BCUT2D eigenvalue weighted by atomic mass is 16.5. The summed E-state index contributed by atoms with van der Waals surface area (Å²) in [4.78, 5) is 16.8. The Kier molecular flexibility index (Phi) is 6.05. The molecule has 0 N–H and O–H groups in total. The summed E-state index contributed by atoms with van der Waals surface area (Å²) in [6.07, 6.45) is 1.45. The molecule has 4 nitrogen and oxygen atoms in total. The molecule has 1 heterocycles. The van der Waals surface area contributed by atoms with Gasteiger partial charge in [-0.3, -0.25) is 9.69 Å². The second-order valence-electron chi connectivity index (χ2n) is 7.45. The lowest BCUT2D eigenvalue weighted by Crippen LogP contribution is -2.51. The van der Waals surface area contributed by atoms with Gasteiger partial charge in [-0.2, -0.15) is 0 Å². The van der Waals surface area contributed by atoms with Crippen LogP contribution in [0.5, 0.6) is 5.75 Å². The maximum absolute atomic E-state index is 12.6. The van der Waals surface area contributed by atoms with Crippen molar-refractivity contribution in [2.75, 3.05) is 32.7 Å². The zero-order valence-corrected chi connectivity index (χ0v) is 15.4. The van der Waals surface area contributed by atoms with Crippen LogP contribution in [0.3, 0.4) is 0 Å². The summed E-state index contributed by atoms with van der Waals surface area (Å²) in [6.45, 7) is 16.3. The zero-order chi connectivity index (χ0) is 17.7. The summed E-state index contributed by atoms with van der Waals surface area (Å²) < 4.78 is 5.85. The molecule has 132 valence electrons. The first-order valence-electron chi connectivity index (χ1n) is 8.70. The van der Waals surface area contributed by atoms with Crippen molar-refractivity contribution in [1.82, 2.24) is 9.80 Å². The van der Waals surface area contributed by atoms with Gasteiger partial charge in [0.15, 0.2) is 6.10 Å². The number of amides is 1. The lowest BCUT2D eigenvalue weighted by molar-refractivity contribution is -0.139. The Morgan fingerprint density at radius 3 is 2.29 bits per heavy atom. The average Bonchev–Trinajstić information content (AvgIpc) is 2.55. The summed E-state index contributed by atoms with van der Waals surface area (Å²) >= 11 is 0. The molecule has 1 atom stereocenters. The summed E-state index contributed by atoms with van der Waals surface area (Å²) in [6, 6.07) is 8.04. The van der Waals surface area contributed by atoms with Gasteiger partial charge in [0.2, 0.25) is 0 Å². The Morgan fingerprint density at radius 2 is 1.79 bits per heavy atom. The van der Waals surface area contributed by atoms with E-state index in [1.54, 1.807) is 0 Å². The molecule has 0 bridgehead atoms. The minimum atomic E-state index is -0.462. The van der Waals surface area contributed by atoms with Crippen molar-refractivity contribution in [3.63, 3.8) is 0 Å². The minimum absolute atomic E-state index is 0.0631. The maximum Gasteiger partial charge on any atom is 0.263 e. The van der Waals surface area contributed by atoms with E-state index < -0.39 is 6.10 Å². The molecule has 4 heteroatoms. The Balaban J connectivity index is 1.89. The van der Waals surface area contributed by atoms with Crippen molar-refractivity contribution >= 4 is 5.91 Å². The maximum atomic E-state index is 12.6. The van der Waals surface area contributed by atoms with Crippen LogP contribution >= 0.6 is 0 Å². The molecule has 0 aliphatic carbocycles. The summed E-state index contributed by atoms with van der Waals surface area (Å²) in [7, 11) is 0. The molecule has 1 aliphatic rings. The van der Waals surface area contributed by atoms with Gasteiger partial charge in [0, 0.05) is 32.7 Å². The Labute approximate surface area is 146 Å². The highest BCUT2D eigenvalue weighted by molar-refractivity contribution is 5.81. The van der Waals surface area contributed by atoms with E-state index >= 15 is 0 Å². The van der Waals surface area contributed by atoms with E-state index in [1.165, 1.54) is 5.56 Å². The fourth-order valence-corrected chi connectivity index (χ4v) is 2.88. The number of carbonyl (C=O) groups is 1. The van der Waals surface area contributed by atoms with Crippen LogP contribution < -0.4 is 4.74 Å². The number of benzene rings is 1. The average molecular weight is 330 g/mol. The van der Waals surface area contributed by atoms with Crippen LogP contribution in [0, 0.1) is 0 Å². The normalized spacial score (nSPS) is 17.4. The standard InChI is InChI=1S/C20H30N2O2/c1-6-11-21-12-14-22(15-13-21)19(23)16(2)24-18-9-7-17(8-10-18)20(3,4)5/h6-10,16H,1,11-15H2,2-5H3/t16-/m0/s1. The second-order valence-corrected chi connectivity index (χ2v) is 7.45. The highest BCUT2D eigenvalue weighted by Crippen LogP contribution is 2.24. The fraction of sp³-hybridized carbons (Fsp3) is 0.550. The van der Waals surface area contributed by atoms with Crippen LogP contribution in [0.4, 0.5) is 0 Å². The second kappa shape index (κ2) is 7.84. The third-order valence-corrected chi connectivity index (χ3v) is 4.45. The smallest absolute Gasteiger partial charge is 0.263 e. The van der Waals surface area contributed by atoms with Crippen molar-refractivity contribution in [2.45, 2.75) is 39.2 Å². The number of hydrogen-bond acceptors (Lipinski definition) is 3. The summed E-state index contributed by atoms with van der Waals surface area (Å²) in [5.41, 5.74) is 1.37. The van der Waals surface area contributed by atoms with E-state index in [9.17, 15) is 4.79 Å². The molecular formula is C20H30N2O2. The van der Waals surface area contributed by atoms with Crippen LogP contribution in [0.2, 0.25) is 0 Å². The number of rotatable bonds is 5. The Morgan fingerprint density at radius 1 is 1.21 bits per heavy atom. The van der Waals surface area contributed by atoms with Gasteiger partial charge in [0.05, 0.1) is 0 Å². The zero-order valence-electron chi connectivity index (χ0n) is 15.4. The van der Waals surface area contributed by atoms with Crippen LogP contribution in [0.1, 0.15) is 33.3 Å². The molecule has 0 unspecified atom stereocenters. The topological polar surface area (TPSA) is 32.8 Å². The van der Waals surface area contributed by atoms with Crippen molar-refractivity contribution in [3.8, 4) is 5.75 Å². The van der Waals surface area contributed by atoms with E-state index in [0.717, 1.165) is 38.5 Å². The molecule has 24 heavy (non-hydrogen) atoms. The molecular weight excluding hydrogens is 300 g/mol. The third kappa shape index (κ3) is 4.84. The van der Waals surface area contributed by atoms with Crippen LogP contribution in [-0.4, -0.2) is 54.5 Å². The van der Waals surface area contributed by atoms with Gasteiger partial charge in [-0.15, -0.1) is 6.58 Å². The Bertz CT molecular complexity index is 552. The third-order valence-electron chi connectivity index (χ3n) is 4.45. The van der Waals surface area contributed by atoms with E-state index in [4.69, 9.17) is 4.74 Å². The lowest BCUT2D eigenvalue weighted by Gasteiger charge is -2.35. The molecule has 0 aromatic heterocycles. The molecule has 1 aromatic carbocycles. The number of carbonyl (C=O) groups excluding carboxylic acids is 1. The van der Waals surface area contributed by atoms with Crippen molar-refractivity contribution in [3.05, 3.63) is 42.5 Å². The van der Waals surface area contributed by atoms with Gasteiger partial charge >= 0.3 is 0 Å². The quantitative estimate of drug-likeness (QED) is 0.778. The van der Waals surface area contributed by atoms with Crippen molar-refractivity contribution in [2.24, 2.45) is 0 Å². The van der Waals surface area contributed by atoms with E-state index in [1.807, 2.05) is 30.0 Å². The highest BCUT2D eigenvalue weighted by Gasteiger charge is 2.25. The molecule has 0 saturated carbocycles. The molecule has 2 rings (SSSR count). The van der Waals surface area contributed by atoms with Gasteiger partial charge in [-0.25, -0.2) is 0 Å². The van der Waals surface area contributed by atoms with Crippen LogP contribution in [0.25, 0.3) is 0 Å². The molecule has 1 saturated heterocycles. The van der Waals surface area contributed by atoms with Gasteiger partial charge < -0.3 is 9.64 Å². The molecule has 0 spiro atoms. The first-order chi connectivity index (χ1) is 11.3. The van der Waals surface area contributed by atoms with E-state index in [2.05, 4.69) is 44.4 Å². The van der Waals surface area contributed by atoms with Crippen molar-refractivity contribution in [1.29, 1.82) is 0 Å². The lowest BCUT2D eigenvalue weighted by atomic mass is 9.87. The van der Waals surface area contributed by atoms with Crippen molar-refractivity contribution < 1.29 is 9.53 Å². The van der Waals surface area contributed by atoms with Crippen LogP contribution in [0.15, 0.2) is 36.9 Å². The molecule has 1 amide bonds. The van der Waals surface area contributed by atoms with E-state index in [-0.39, 0.29) is 11.3 Å². The SMILES string of the molecule is C=CCN1CCN(C(=O)[C@H](C)Oc2ccc(C(C)(C)C)cc2)CC1. The summed E-state index contributed by atoms with van der Waals surface area (Å²) in [5.74, 6) is 0.808. The van der Waals surface area contributed by atoms with E-state index in [0.29, 0.717) is 0 Å². The molecule has 1 fully saturated rings. The van der Waals surface area contributed by atoms with Crippen LogP contribution in [-0.2, 0) is 10.2 Å². The first kappa shape index (κ1) is 18.5. The monoisotopic (exact) mass is 330 g/mol. The van der Waals surface area contributed by atoms with Gasteiger partial charge in [-0.1, -0.05) is 39.0 Å². The fourth-order valence-electron chi connectivity index (χ4n) is 2.88. The molecule has 1 aromatic rings. The molecule has 0 radical (unpaired) electrons. The number of ether oxygens (including phenoxy) is 1. The molecule has 1 aliphatic heterocycles. The first-order valence-corrected chi connectivity index (χ1v) is 8.70. The van der Waals surface area contributed by atoms with Gasteiger partial charge in [0.1, 0.15) is 5.75 Å². The van der Waals surface area contributed by atoms with Gasteiger partial charge in [-0.05, 0) is 30.0 Å².